The van der Waals surface area contributed by atoms with Gasteiger partial charge in [0, 0.05) is 23.2 Å². The van der Waals surface area contributed by atoms with Gasteiger partial charge in [-0.15, -0.1) is 0 Å². The Morgan fingerprint density at radius 1 is 1.26 bits per heavy atom. The molecule has 3 heteroatoms. The number of hydrogen-bond acceptors (Lipinski definition) is 2. The van der Waals surface area contributed by atoms with E-state index in [0.29, 0.717) is 0 Å². The Hall–Kier alpha value is -0.540. The number of rotatable bonds is 5. The quantitative estimate of drug-likeness (QED) is 0.871. The number of nitrogens with zero attached hydrogens (tertiary/aromatic N) is 1. The largest absolute Gasteiger partial charge is 0.383 e. The molecule has 1 saturated heterocycles. The normalized spacial score (nSPS) is 17.9. The van der Waals surface area contributed by atoms with Crippen molar-refractivity contribution in [2.75, 3.05) is 31.5 Å². The average Bonchev–Trinajstić information content (AvgIpc) is 2.41. The highest BCUT2D eigenvalue weighted by Gasteiger charge is 2.20. The van der Waals surface area contributed by atoms with Gasteiger partial charge in [-0.3, -0.25) is 0 Å². The van der Waals surface area contributed by atoms with Crippen molar-refractivity contribution in [1.82, 2.24) is 4.90 Å². The minimum absolute atomic E-state index is 0.848. The van der Waals surface area contributed by atoms with E-state index in [2.05, 4.69) is 58.2 Å². The minimum atomic E-state index is 0.848. The third-order valence-electron chi connectivity index (χ3n) is 4.19. The fourth-order valence-electron chi connectivity index (χ4n) is 2.80. The second-order valence-corrected chi connectivity index (χ2v) is 6.68. The summed E-state index contributed by atoms with van der Waals surface area (Å²) in [6, 6.07) is 8.32. The Labute approximate surface area is 125 Å². The van der Waals surface area contributed by atoms with Gasteiger partial charge in [0.25, 0.3) is 0 Å². The van der Waals surface area contributed by atoms with Crippen molar-refractivity contribution in [3.05, 3.63) is 28.7 Å². The fraction of sp³-hybridized carbons (Fsp3) is 0.625. The SMILES string of the molecule is CC(C)C1CCN(CCNc2ccccc2Br)CC1. The lowest BCUT2D eigenvalue weighted by molar-refractivity contribution is 0.162. The van der Waals surface area contributed by atoms with E-state index in [-0.39, 0.29) is 0 Å². The molecule has 0 spiro atoms. The van der Waals surface area contributed by atoms with Gasteiger partial charge in [-0.2, -0.15) is 0 Å². The first-order chi connectivity index (χ1) is 9.16. The van der Waals surface area contributed by atoms with Crippen molar-refractivity contribution in [3.8, 4) is 0 Å². The molecule has 1 fully saturated rings. The van der Waals surface area contributed by atoms with Gasteiger partial charge in [0.15, 0.2) is 0 Å². The molecular formula is C16H25BrN2. The van der Waals surface area contributed by atoms with Crippen LogP contribution < -0.4 is 5.32 Å². The van der Waals surface area contributed by atoms with Crippen molar-refractivity contribution in [3.63, 3.8) is 0 Å². The number of anilines is 1. The number of benzene rings is 1. The Balaban J connectivity index is 1.69. The average molecular weight is 325 g/mol. The second kappa shape index (κ2) is 7.30. The molecule has 1 aromatic carbocycles. The standard InChI is InChI=1S/C16H25BrN2/c1-13(2)14-7-10-19(11-8-14)12-9-18-16-6-4-3-5-15(16)17/h3-6,13-14,18H,7-12H2,1-2H3. The highest BCUT2D eigenvalue weighted by molar-refractivity contribution is 9.10. The molecule has 1 aliphatic heterocycles. The molecule has 1 aromatic rings. The van der Waals surface area contributed by atoms with E-state index in [1.165, 1.54) is 31.6 Å². The van der Waals surface area contributed by atoms with Crippen LogP contribution >= 0.6 is 15.9 Å². The first kappa shape index (κ1) is 14.9. The summed E-state index contributed by atoms with van der Waals surface area (Å²) in [7, 11) is 0. The van der Waals surface area contributed by atoms with Crippen LogP contribution in [0.4, 0.5) is 5.69 Å². The molecule has 106 valence electrons. The number of piperidine rings is 1. The van der Waals surface area contributed by atoms with Gasteiger partial charge in [0.2, 0.25) is 0 Å². The Bertz CT molecular complexity index is 384. The number of para-hydroxylation sites is 1. The summed E-state index contributed by atoms with van der Waals surface area (Å²) in [5, 5.41) is 3.51. The first-order valence-corrected chi connectivity index (χ1v) is 8.17. The molecule has 1 N–H and O–H groups in total. The molecule has 2 rings (SSSR count). The number of hydrogen-bond donors (Lipinski definition) is 1. The van der Waals surface area contributed by atoms with Crippen LogP contribution in [0, 0.1) is 11.8 Å². The first-order valence-electron chi connectivity index (χ1n) is 7.37. The number of likely N-dealkylation sites (tertiary alicyclic amines) is 1. The summed E-state index contributed by atoms with van der Waals surface area (Å²) in [6.45, 7) is 9.41. The van der Waals surface area contributed by atoms with Gasteiger partial charge >= 0.3 is 0 Å². The molecule has 0 unspecified atom stereocenters. The summed E-state index contributed by atoms with van der Waals surface area (Å²) in [5.41, 5.74) is 1.19. The maximum absolute atomic E-state index is 3.57. The molecule has 0 radical (unpaired) electrons. The highest BCUT2D eigenvalue weighted by Crippen LogP contribution is 2.24. The van der Waals surface area contributed by atoms with Crippen LogP contribution in [-0.4, -0.2) is 31.1 Å². The van der Waals surface area contributed by atoms with Crippen LogP contribution in [0.25, 0.3) is 0 Å². The van der Waals surface area contributed by atoms with Crippen LogP contribution in [0.1, 0.15) is 26.7 Å². The van der Waals surface area contributed by atoms with Gasteiger partial charge in [-0.05, 0) is 65.8 Å². The molecule has 0 amide bonds. The van der Waals surface area contributed by atoms with Crippen LogP contribution in [-0.2, 0) is 0 Å². The second-order valence-electron chi connectivity index (χ2n) is 5.83. The van der Waals surface area contributed by atoms with Gasteiger partial charge < -0.3 is 10.2 Å². The van der Waals surface area contributed by atoms with E-state index in [4.69, 9.17) is 0 Å². The lowest BCUT2D eigenvalue weighted by Gasteiger charge is -2.33. The highest BCUT2D eigenvalue weighted by atomic mass is 79.9. The van der Waals surface area contributed by atoms with Crippen molar-refractivity contribution in [1.29, 1.82) is 0 Å². The Morgan fingerprint density at radius 3 is 2.58 bits per heavy atom. The van der Waals surface area contributed by atoms with Crippen LogP contribution in [0.5, 0.6) is 0 Å². The third-order valence-corrected chi connectivity index (χ3v) is 4.88. The predicted molar refractivity (Wildman–Crippen MR) is 86.6 cm³/mol. The Morgan fingerprint density at radius 2 is 1.95 bits per heavy atom. The van der Waals surface area contributed by atoms with Gasteiger partial charge in [-0.25, -0.2) is 0 Å². The zero-order valence-corrected chi connectivity index (χ0v) is 13.6. The smallest absolute Gasteiger partial charge is 0.0485 e. The van der Waals surface area contributed by atoms with Crippen LogP contribution in [0.3, 0.4) is 0 Å². The molecule has 0 aromatic heterocycles. The third kappa shape index (κ3) is 4.50. The van der Waals surface area contributed by atoms with Gasteiger partial charge in [0.1, 0.15) is 0 Å². The summed E-state index contributed by atoms with van der Waals surface area (Å²) in [5.74, 6) is 1.79. The molecule has 0 saturated carbocycles. The fourth-order valence-corrected chi connectivity index (χ4v) is 3.22. The number of nitrogens with one attached hydrogen (secondary N) is 1. The minimum Gasteiger partial charge on any atom is -0.383 e. The molecule has 1 heterocycles. The zero-order chi connectivity index (χ0) is 13.7. The molecule has 0 aliphatic carbocycles. The van der Waals surface area contributed by atoms with E-state index in [1.807, 2.05) is 6.07 Å². The van der Waals surface area contributed by atoms with Crippen molar-refractivity contribution in [2.24, 2.45) is 11.8 Å². The lowest BCUT2D eigenvalue weighted by Crippen LogP contribution is -2.37. The van der Waals surface area contributed by atoms with Crippen molar-refractivity contribution in [2.45, 2.75) is 26.7 Å². The summed E-state index contributed by atoms with van der Waals surface area (Å²) < 4.78 is 1.15. The maximum atomic E-state index is 3.57. The summed E-state index contributed by atoms with van der Waals surface area (Å²) in [4.78, 5) is 2.59. The Kier molecular flexibility index (Phi) is 5.71. The van der Waals surface area contributed by atoms with E-state index in [1.54, 1.807) is 0 Å². The van der Waals surface area contributed by atoms with Gasteiger partial charge in [-0.1, -0.05) is 26.0 Å². The predicted octanol–water partition coefficient (Wildman–Crippen LogP) is 4.23. The van der Waals surface area contributed by atoms with E-state index >= 15 is 0 Å². The lowest BCUT2D eigenvalue weighted by atomic mass is 9.87. The summed E-state index contributed by atoms with van der Waals surface area (Å²) in [6.07, 6.45) is 2.74. The van der Waals surface area contributed by atoms with E-state index in [9.17, 15) is 0 Å². The van der Waals surface area contributed by atoms with E-state index < -0.39 is 0 Å². The maximum Gasteiger partial charge on any atom is 0.0485 e. The van der Waals surface area contributed by atoms with Crippen LogP contribution in [0.2, 0.25) is 0 Å². The van der Waals surface area contributed by atoms with Gasteiger partial charge in [0.05, 0.1) is 0 Å². The van der Waals surface area contributed by atoms with Crippen molar-refractivity contribution >= 4 is 21.6 Å². The molecule has 2 nitrogen and oxygen atoms in total. The molecule has 1 aliphatic rings. The number of halogens is 1. The topological polar surface area (TPSA) is 15.3 Å². The van der Waals surface area contributed by atoms with Crippen LogP contribution in [0.15, 0.2) is 28.7 Å². The molecular weight excluding hydrogens is 300 g/mol. The zero-order valence-electron chi connectivity index (χ0n) is 12.0. The molecule has 0 bridgehead atoms. The van der Waals surface area contributed by atoms with Crippen molar-refractivity contribution < 1.29 is 0 Å². The monoisotopic (exact) mass is 324 g/mol. The van der Waals surface area contributed by atoms with E-state index in [0.717, 1.165) is 29.4 Å². The molecule has 0 atom stereocenters. The molecule has 19 heavy (non-hydrogen) atoms. The summed E-state index contributed by atoms with van der Waals surface area (Å²) >= 11 is 3.57.